The first-order valence-corrected chi connectivity index (χ1v) is 5.61. The largest absolute Gasteiger partial charge is 0.325 e. The number of hydrogen-bond donors (Lipinski definition) is 1. The van der Waals surface area contributed by atoms with Crippen molar-refractivity contribution in [3.63, 3.8) is 0 Å². The Labute approximate surface area is 104 Å². The average Bonchev–Trinajstić information content (AvgIpc) is 2.38. The van der Waals surface area contributed by atoms with E-state index >= 15 is 0 Å². The number of H-pyrrole nitrogens is 1. The Morgan fingerprint density at radius 3 is 2.83 bits per heavy atom. The van der Waals surface area contributed by atoms with Crippen LogP contribution in [0.5, 0.6) is 0 Å². The van der Waals surface area contributed by atoms with Crippen molar-refractivity contribution >= 4 is 0 Å². The topological polar surface area (TPSA) is 82.4 Å². The van der Waals surface area contributed by atoms with Gasteiger partial charge in [-0.25, -0.2) is 9.97 Å². The van der Waals surface area contributed by atoms with Crippen LogP contribution >= 0.6 is 0 Å². The summed E-state index contributed by atoms with van der Waals surface area (Å²) in [5, 5.41) is 9.09. The summed E-state index contributed by atoms with van der Waals surface area (Å²) >= 11 is 0. The molecular formula is C13H12N4O. The number of nitrogens with zero attached hydrogens (tertiary/aromatic N) is 3. The molecule has 2 aromatic heterocycles. The molecule has 2 rings (SSSR count). The lowest BCUT2D eigenvalue weighted by atomic mass is 9.97. The fourth-order valence-electron chi connectivity index (χ4n) is 2.04. The van der Waals surface area contributed by atoms with E-state index < -0.39 is 0 Å². The summed E-state index contributed by atoms with van der Waals surface area (Å²) in [6, 6.07) is 3.73. The third kappa shape index (κ3) is 1.89. The maximum atomic E-state index is 11.7. The molecule has 18 heavy (non-hydrogen) atoms. The minimum atomic E-state index is -0.343. The van der Waals surface area contributed by atoms with Gasteiger partial charge in [0.2, 0.25) is 0 Å². The molecule has 0 atom stereocenters. The van der Waals surface area contributed by atoms with Gasteiger partial charge in [-0.15, -0.1) is 0 Å². The zero-order valence-corrected chi connectivity index (χ0v) is 10.2. The van der Waals surface area contributed by atoms with Gasteiger partial charge < -0.3 is 4.98 Å². The fourth-order valence-corrected chi connectivity index (χ4v) is 2.04. The molecule has 0 radical (unpaired) electrons. The fraction of sp³-hybridized carbons (Fsp3) is 0.231. The highest BCUT2D eigenvalue weighted by molar-refractivity contribution is 5.68. The summed E-state index contributed by atoms with van der Waals surface area (Å²) in [4.78, 5) is 22.5. The molecule has 0 bridgehead atoms. The molecule has 0 unspecified atom stereocenters. The molecule has 2 aromatic rings. The molecule has 5 nitrogen and oxygen atoms in total. The molecule has 0 saturated carbocycles. The Kier molecular flexibility index (Phi) is 3.20. The maximum Gasteiger partial charge on any atom is 0.266 e. The molecule has 1 N–H and O–H groups in total. The SMILES string of the molecule is CCc1c(-c2ccncn2)c(C)[nH]c(=O)c1C#N. The molecule has 0 amide bonds. The number of hydrogen-bond acceptors (Lipinski definition) is 4. The van der Waals surface area contributed by atoms with Crippen LogP contribution in [0.15, 0.2) is 23.4 Å². The van der Waals surface area contributed by atoms with Gasteiger partial charge in [0.25, 0.3) is 5.56 Å². The third-order valence-electron chi connectivity index (χ3n) is 2.81. The van der Waals surface area contributed by atoms with Gasteiger partial charge in [0.05, 0.1) is 5.69 Å². The molecule has 0 spiro atoms. The van der Waals surface area contributed by atoms with E-state index in [1.54, 1.807) is 19.2 Å². The van der Waals surface area contributed by atoms with Crippen LogP contribution in [-0.4, -0.2) is 15.0 Å². The Hall–Kier alpha value is -2.48. The van der Waals surface area contributed by atoms with Crippen LogP contribution < -0.4 is 5.56 Å². The zero-order chi connectivity index (χ0) is 13.1. The van der Waals surface area contributed by atoms with Crippen LogP contribution in [0.4, 0.5) is 0 Å². The van der Waals surface area contributed by atoms with Crippen molar-refractivity contribution in [1.82, 2.24) is 15.0 Å². The first-order valence-electron chi connectivity index (χ1n) is 5.61. The van der Waals surface area contributed by atoms with E-state index in [2.05, 4.69) is 15.0 Å². The summed E-state index contributed by atoms with van der Waals surface area (Å²) in [7, 11) is 0. The quantitative estimate of drug-likeness (QED) is 0.863. The van der Waals surface area contributed by atoms with Gasteiger partial charge in [-0.2, -0.15) is 5.26 Å². The predicted molar refractivity (Wildman–Crippen MR) is 66.9 cm³/mol. The first kappa shape index (κ1) is 12.0. The van der Waals surface area contributed by atoms with Crippen LogP contribution in [0.3, 0.4) is 0 Å². The van der Waals surface area contributed by atoms with E-state index in [1.807, 2.05) is 13.0 Å². The lowest BCUT2D eigenvalue weighted by molar-refractivity contribution is 1.04. The Bertz CT molecular complexity index is 668. The van der Waals surface area contributed by atoms with Crippen molar-refractivity contribution < 1.29 is 0 Å². The summed E-state index contributed by atoms with van der Waals surface area (Å²) < 4.78 is 0. The lowest BCUT2D eigenvalue weighted by Crippen LogP contribution is -2.16. The zero-order valence-electron chi connectivity index (χ0n) is 10.2. The van der Waals surface area contributed by atoms with E-state index in [-0.39, 0.29) is 11.1 Å². The highest BCUT2D eigenvalue weighted by Gasteiger charge is 2.16. The van der Waals surface area contributed by atoms with Crippen molar-refractivity contribution in [2.75, 3.05) is 0 Å². The Morgan fingerprint density at radius 2 is 2.28 bits per heavy atom. The molecule has 0 aromatic carbocycles. The molecule has 90 valence electrons. The maximum absolute atomic E-state index is 11.7. The number of nitrogens with one attached hydrogen (secondary N) is 1. The Morgan fingerprint density at radius 1 is 1.50 bits per heavy atom. The number of aromatic nitrogens is 3. The number of nitriles is 1. The summed E-state index contributed by atoms with van der Waals surface area (Å²) in [6.07, 6.45) is 3.69. The molecule has 5 heteroatoms. The number of aromatic amines is 1. The van der Waals surface area contributed by atoms with E-state index in [1.165, 1.54) is 6.33 Å². The number of pyridine rings is 1. The molecule has 2 heterocycles. The minimum absolute atomic E-state index is 0.164. The highest BCUT2D eigenvalue weighted by Crippen LogP contribution is 2.25. The van der Waals surface area contributed by atoms with Gasteiger partial charge in [-0.05, 0) is 25.0 Å². The van der Waals surface area contributed by atoms with E-state index in [9.17, 15) is 4.79 Å². The first-order chi connectivity index (χ1) is 8.69. The van der Waals surface area contributed by atoms with Crippen molar-refractivity contribution in [3.05, 3.63) is 45.8 Å². The van der Waals surface area contributed by atoms with Crippen LogP contribution in [0, 0.1) is 18.3 Å². The van der Waals surface area contributed by atoms with Crippen LogP contribution in [-0.2, 0) is 6.42 Å². The standard InChI is InChI=1S/C13H12N4O/c1-3-9-10(6-14)13(18)17-8(2)12(9)11-4-5-15-7-16-11/h4-5,7H,3H2,1-2H3,(H,17,18). The second-order valence-corrected chi connectivity index (χ2v) is 3.87. The van der Waals surface area contributed by atoms with E-state index in [0.717, 1.165) is 16.8 Å². The lowest BCUT2D eigenvalue weighted by Gasteiger charge is -2.11. The van der Waals surface area contributed by atoms with Gasteiger partial charge in [0.15, 0.2) is 0 Å². The van der Waals surface area contributed by atoms with Crippen molar-refractivity contribution in [3.8, 4) is 17.3 Å². The number of aryl methyl sites for hydroxylation is 1. The van der Waals surface area contributed by atoms with Crippen molar-refractivity contribution in [2.45, 2.75) is 20.3 Å². The monoisotopic (exact) mass is 240 g/mol. The Balaban J connectivity index is 2.83. The molecule has 0 aliphatic heterocycles. The summed E-state index contributed by atoms with van der Waals surface area (Å²) in [5.74, 6) is 0. The minimum Gasteiger partial charge on any atom is -0.325 e. The number of rotatable bonds is 2. The smallest absolute Gasteiger partial charge is 0.266 e. The highest BCUT2D eigenvalue weighted by atomic mass is 16.1. The van der Waals surface area contributed by atoms with Gasteiger partial charge in [0, 0.05) is 17.5 Å². The van der Waals surface area contributed by atoms with Crippen molar-refractivity contribution in [2.24, 2.45) is 0 Å². The van der Waals surface area contributed by atoms with Gasteiger partial charge in [0.1, 0.15) is 18.0 Å². The molecule has 0 fully saturated rings. The predicted octanol–water partition coefficient (Wildman–Crippen LogP) is 1.57. The molecule has 0 aliphatic carbocycles. The van der Waals surface area contributed by atoms with Crippen LogP contribution in [0.25, 0.3) is 11.3 Å². The normalized spacial score (nSPS) is 10.1. The molecular weight excluding hydrogens is 228 g/mol. The van der Waals surface area contributed by atoms with E-state index in [4.69, 9.17) is 5.26 Å². The van der Waals surface area contributed by atoms with Gasteiger partial charge in [-0.3, -0.25) is 4.79 Å². The van der Waals surface area contributed by atoms with Crippen molar-refractivity contribution in [1.29, 1.82) is 5.26 Å². The van der Waals surface area contributed by atoms with Gasteiger partial charge in [-0.1, -0.05) is 6.92 Å². The second-order valence-electron chi connectivity index (χ2n) is 3.87. The molecule has 0 saturated heterocycles. The third-order valence-corrected chi connectivity index (χ3v) is 2.81. The molecule has 0 aliphatic rings. The second kappa shape index (κ2) is 4.80. The summed E-state index contributed by atoms with van der Waals surface area (Å²) in [5.41, 5.74) is 2.80. The van der Waals surface area contributed by atoms with Crippen LogP contribution in [0.1, 0.15) is 23.7 Å². The average molecular weight is 240 g/mol. The van der Waals surface area contributed by atoms with E-state index in [0.29, 0.717) is 12.1 Å². The summed E-state index contributed by atoms with van der Waals surface area (Å²) in [6.45, 7) is 3.72. The van der Waals surface area contributed by atoms with Crippen LogP contribution in [0.2, 0.25) is 0 Å². The van der Waals surface area contributed by atoms with Gasteiger partial charge >= 0.3 is 0 Å².